The van der Waals surface area contributed by atoms with Crippen LogP contribution in [-0.4, -0.2) is 37.2 Å². The van der Waals surface area contributed by atoms with Crippen molar-refractivity contribution in [3.63, 3.8) is 0 Å². The van der Waals surface area contributed by atoms with Gasteiger partial charge in [0.05, 0.1) is 0 Å². The van der Waals surface area contributed by atoms with Crippen molar-refractivity contribution in [2.45, 2.75) is 258 Å². The number of carbonyl (C=O) groups excluding carboxylic acids is 3. The number of hydrogen-bond donors (Lipinski definition) is 0. The van der Waals surface area contributed by atoms with Crippen molar-refractivity contribution in [3.05, 3.63) is 85.1 Å². The number of unbranched alkanes of at least 4 members (excludes halogenated alkanes) is 23. The molecular weight excluding hydrogens is 805 g/mol. The van der Waals surface area contributed by atoms with Gasteiger partial charge >= 0.3 is 17.9 Å². The van der Waals surface area contributed by atoms with Gasteiger partial charge in [-0.1, -0.05) is 228 Å². The van der Waals surface area contributed by atoms with Gasteiger partial charge in [-0.25, -0.2) is 0 Å². The molecule has 1 atom stereocenters. The molecule has 0 bridgehead atoms. The molecule has 0 N–H and O–H groups in total. The van der Waals surface area contributed by atoms with E-state index in [1.807, 2.05) is 0 Å². The monoisotopic (exact) mass is 905 g/mol. The fourth-order valence-corrected chi connectivity index (χ4v) is 7.33. The molecule has 0 aliphatic heterocycles. The smallest absolute Gasteiger partial charge is 0.306 e. The van der Waals surface area contributed by atoms with E-state index in [0.717, 1.165) is 128 Å². The van der Waals surface area contributed by atoms with Crippen molar-refractivity contribution in [3.8, 4) is 0 Å². The summed E-state index contributed by atoms with van der Waals surface area (Å²) in [5.74, 6) is -0.935. The van der Waals surface area contributed by atoms with E-state index in [2.05, 4.69) is 106 Å². The molecule has 0 fully saturated rings. The summed E-state index contributed by atoms with van der Waals surface area (Å²) in [6, 6.07) is 0. The third-order valence-corrected chi connectivity index (χ3v) is 11.4. The molecule has 65 heavy (non-hydrogen) atoms. The zero-order valence-corrected chi connectivity index (χ0v) is 42.5. The Morgan fingerprint density at radius 1 is 0.323 bits per heavy atom. The molecule has 6 heteroatoms. The number of rotatable bonds is 48. The van der Waals surface area contributed by atoms with E-state index < -0.39 is 6.10 Å². The van der Waals surface area contributed by atoms with Gasteiger partial charge in [0.1, 0.15) is 13.2 Å². The van der Waals surface area contributed by atoms with Crippen LogP contribution in [0.2, 0.25) is 0 Å². The van der Waals surface area contributed by atoms with E-state index in [9.17, 15) is 14.4 Å². The Morgan fingerprint density at radius 2 is 0.631 bits per heavy atom. The molecule has 0 radical (unpaired) electrons. The minimum Gasteiger partial charge on any atom is -0.462 e. The van der Waals surface area contributed by atoms with Crippen LogP contribution in [0.15, 0.2) is 85.1 Å². The fraction of sp³-hybridized carbons (Fsp3) is 0.712. The highest BCUT2D eigenvalue weighted by Crippen LogP contribution is 2.15. The minimum atomic E-state index is -0.794. The zero-order valence-electron chi connectivity index (χ0n) is 42.5. The largest absolute Gasteiger partial charge is 0.462 e. The second kappa shape index (κ2) is 53.2. The van der Waals surface area contributed by atoms with E-state index >= 15 is 0 Å². The fourth-order valence-electron chi connectivity index (χ4n) is 7.33. The highest BCUT2D eigenvalue weighted by molar-refractivity contribution is 5.71. The van der Waals surface area contributed by atoms with E-state index in [0.29, 0.717) is 19.3 Å². The maximum absolute atomic E-state index is 12.8. The Bertz CT molecular complexity index is 1270. The lowest BCUT2D eigenvalue weighted by Gasteiger charge is -2.18. The van der Waals surface area contributed by atoms with Crippen LogP contribution in [-0.2, 0) is 28.6 Å². The molecule has 6 nitrogen and oxygen atoms in total. The summed E-state index contributed by atoms with van der Waals surface area (Å²) in [4.78, 5) is 38.0. The molecule has 0 aromatic heterocycles. The highest BCUT2D eigenvalue weighted by Gasteiger charge is 2.19. The van der Waals surface area contributed by atoms with Gasteiger partial charge in [0.25, 0.3) is 0 Å². The molecule has 0 aromatic carbocycles. The number of esters is 3. The first kappa shape index (κ1) is 61.6. The van der Waals surface area contributed by atoms with Crippen molar-refractivity contribution in [1.29, 1.82) is 0 Å². The summed E-state index contributed by atoms with van der Waals surface area (Å²) in [7, 11) is 0. The predicted octanol–water partition coefficient (Wildman–Crippen LogP) is 18.0. The summed E-state index contributed by atoms with van der Waals surface area (Å²) in [6.07, 6.45) is 68.5. The Kier molecular flexibility index (Phi) is 50.4. The first-order valence-corrected chi connectivity index (χ1v) is 27.1. The summed E-state index contributed by atoms with van der Waals surface area (Å²) < 4.78 is 16.8. The zero-order chi connectivity index (χ0) is 47.2. The Balaban J connectivity index is 4.44. The van der Waals surface area contributed by atoms with Crippen molar-refractivity contribution in [2.75, 3.05) is 13.2 Å². The van der Waals surface area contributed by atoms with Gasteiger partial charge in [0, 0.05) is 19.3 Å². The minimum absolute atomic E-state index is 0.0933. The third-order valence-electron chi connectivity index (χ3n) is 11.4. The van der Waals surface area contributed by atoms with Crippen LogP contribution in [0, 0.1) is 0 Å². The molecule has 0 amide bonds. The number of allylic oxidation sites excluding steroid dienone is 14. The standard InChI is InChI=1S/C59H100O6/c1-4-7-10-13-16-19-22-25-27-28-29-30-32-34-37-40-43-46-49-52-58(61)64-55-56(54-63-57(60)51-48-45-42-39-36-33-24-21-18-15-12-9-6-3)65-59(62)53-50-47-44-41-38-35-31-26-23-20-17-14-11-8-5-2/h7,10,12,15-16,19,21,24-25,27,29-30,34,37,56H,4-6,8-9,11,13-14,17-18,20,22-23,26,28,31-33,35-36,38-55H2,1-3H3/b10-7-,15-12-,19-16-,24-21-,27-25-,30-29-,37-34-. The van der Waals surface area contributed by atoms with Crippen molar-refractivity contribution < 1.29 is 28.6 Å². The lowest BCUT2D eigenvalue weighted by molar-refractivity contribution is -0.167. The molecule has 0 aliphatic rings. The average Bonchev–Trinajstić information content (AvgIpc) is 3.30. The van der Waals surface area contributed by atoms with Gasteiger partial charge < -0.3 is 14.2 Å². The Hall–Kier alpha value is -3.41. The molecule has 0 aromatic rings. The molecule has 0 saturated heterocycles. The SMILES string of the molecule is CC/C=C\C/C=C\C/C=C\C/C=C\C/C=C\CCCCCC(=O)OCC(COC(=O)CCCCCCC/C=C\C/C=C\CCC)OC(=O)CCCCCCCCCCCCCCCCC. The molecule has 0 heterocycles. The van der Waals surface area contributed by atoms with Crippen molar-refractivity contribution >= 4 is 17.9 Å². The summed E-state index contributed by atoms with van der Waals surface area (Å²) in [5, 5.41) is 0. The van der Waals surface area contributed by atoms with Gasteiger partial charge in [-0.3, -0.25) is 14.4 Å². The van der Waals surface area contributed by atoms with Gasteiger partial charge in [0.15, 0.2) is 6.10 Å². The second-order valence-corrected chi connectivity index (χ2v) is 17.8. The van der Waals surface area contributed by atoms with Gasteiger partial charge in [0.2, 0.25) is 0 Å². The van der Waals surface area contributed by atoms with Gasteiger partial charge in [-0.2, -0.15) is 0 Å². The summed E-state index contributed by atoms with van der Waals surface area (Å²) >= 11 is 0. The molecule has 0 aliphatic carbocycles. The van der Waals surface area contributed by atoms with Gasteiger partial charge in [-0.15, -0.1) is 0 Å². The average molecular weight is 905 g/mol. The quantitative estimate of drug-likeness (QED) is 0.0262. The van der Waals surface area contributed by atoms with Crippen LogP contribution in [0.5, 0.6) is 0 Å². The first-order valence-electron chi connectivity index (χ1n) is 27.1. The van der Waals surface area contributed by atoms with E-state index in [-0.39, 0.29) is 31.1 Å². The third kappa shape index (κ3) is 51.4. The summed E-state index contributed by atoms with van der Waals surface area (Å²) in [6.45, 7) is 6.43. The molecule has 1 unspecified atom stereocenters. The molecule has 372 valence electrons. The van der Waals surface area contributed by atoms with Crippen LogP contribution in [0.3, 0.4) is 0 Å². The van der Waals surface area contributed by atoms with E-state index in [1.165, 1.54) is 83.5 Å². The molecular formula is C59H100O6. The normalized spacial score (nSPS) is 12.7. The molecule has 0 saturated carbocycles. The highest BCUT2D eigenvalue weighted by atomic mass is 16.6. The predicted molar refractivity (Wildman–Crippen MR) is 279 cm³/mol. The lowest BCUT2D eigenvalue weighted by atomic mass is 10.0. The first-order chi connectivity index (χ1) is 32.0. The topological polar surface area (TPSA) is 78.9 Å². The maximum Gasteiger partial charge on any atom is 0.306 e. The van der Waals surface area contributed by atoms with Crippen molar-refractivity contribution in [2.24, 2.45) is 0 Å². The van der Waals surface area contributed by atoms with E-state index in [1.54, 1.807) is 0 Å². The number of hydrogen-bond acceptors (Lipinski definition) is 6. The number of ether oxygens (including phenoxy) is 3. The molecule has 0 spiro atoms. The van der Waals surface area contributed by atoms with Gasteiger partial charge in [-0.05, 0) is 89.9 Å². The van der Waals surface area contributed by atoms with Crippen molar-refractivity contribution in [1.82, 2.24) is 0 Å². The second-order valence-electron chi connectivity index (χ2n) is 17.8. The van der Waals surface area contributed by atoms with Crippen LogP contribution >= 0.6 is 0 Å². The molecule has 0 rings (SSSR count). The van der Waals surface area contributed by atoms with E-state index in [4.69, 9.17) is 14.2 Å². The lowest BCUT2D eigenvalue weighted by Crippen LogP contribution is -2.30. The van der Waals surface area contributed by atoms with Crippen LogP contribution in [0.25, 0.3) is 0 Å². The Labute approximate surface area is 401 Å². The number of carbonyl (C=O) groups is 3. The summed E-state index contributed by atoms with van der Waals surface area (Å²) in [5.41, 5.74) is 0. The Morgan fingerprint density at radius 3 is 1.02 bits per heavy atom. The van der Waals surface area contributed by atoms with Crippen LogP contribution < -0.4 is 0 Å². The van der Waals surface area contributed by atoms with Crippen LogP contribution in [0.1, 0.15) is 252 Å². The van der Waals surface area contributed by atoms with Crippen LogP contribution in [0.4, 0.5) is 0 Å². The maximum atomic E-state index is 12.8.